The van der Waals surface area contributed by atoms with E-state index in [1.54, 1.807) is 19.5 Å². The Bertz CT molecular complexity index is 529. The standard InChI is InChI=1S/C15H19N3O2/c1-3-16-15-9-17-13(8-18-15)11-20-14-6-4-5-12(7-14)10-19-2/h4-9H,3,10-11H2,1-2H3,(H,16,18). The lowest BCUT2D eigenvalue weighted by atomic mass is 10.2. The summed E-state index contributed by atoms with van der Waals surface area (Å²) in [5.41, 5.74) is 1.88. The Labute approximate surface area is 119 Å². The molecule has 1 aromatic carbocycles. The molecule has 2 rings (SSSR count). The van der Waals surface area contributed by atoms with Gasteiger partial charge in [-0.05, 0) is 24.6 Å². The Morgan fingerprint density at radius 1 is 1.15 bits per heavy atom. The summed E-state index contributed by atoms with van der Waals surface area (Å²) in [6.07, 6.45) is 3.43. The molecule has 0 amide bonds. The average Bonchev–Trinajstić information content (AvgIpc) is 2.48. The first kappa shape index (κ1) is 14.3. The molecule has 0 aliphatic heterocycles. The number of hydrogen-bond donors (Lipinski definition) is 1. The maximum Gasteiger partial charge on any atom is 0.144 e. The fourth-order valence-electron chi connectivity index (χ4n) is 1.75. The van der Waals surface area contributed by atoms with Crippen LogP contribution >= 0.6 is 0 Å². The molecule has 2 aromatic rings. The van der Waals surface area contributed by atoms with Gasteiger partial charge in [0, 0.05) is 13.7 Å². The van der Waals surface area contributed by atoms with Gasteiger partial charge in [-0.15, -0.1) is 0 Å². The number of nitrogens with zero attached hydrogens (tertiary/aromatic N) is 2. The predicted molar refractivity (Wildman–Crippen MR) is 77.7 cm³/mol. The number of anilines is 1. The molecule has 0 atom stereocenters. The van der Waals surface area contributed by atoms with Crippen molar-refractivity contribution in [3.8, 4) is 5.75 Å². The third-order valence-electron chi connectivity index (χ3n) is 2.66. The van der Waals surface area contributed by atoms with E-state index < -0.39 is 0 Å². The zero-order chi connectivity index (χ0) is 14.2. The van der Waals surface area contributed by atoms with E-state index in [1.165, 1.54) is 0 Å². The summed E-state index contributed by atoms with van der Waals surface area (Å²) in [7, 11) is 1.68. The van der Waals surface area contributed by atoms with Crippen LogP contribution in [0.15, 0.2) is 36.7 Å². The van der Waals surface area contributed by atoms with Gasteiger partial charge in [-0.2, -0.15) is 0 Å². The summed E-state index contributed by atoms with van der Waals surface area (Å²) in [5.74, 6) is 1.58. The first-order chi connectivity index (χ1) is 9.81. The minimum atomic E-state index is 0.399. The van der Waals surface area contributed by atoms with Crippen molar-refractivity contribution in [2.45, 2.75) is 20.1 Å². The molecular weight excluding hydrogens is 254 g/mol. The van der Waals surface area contributed by atoms with Crippen molar-refractivity contribution >= 4 is 5.82 Å². The smallest absolute Gasteiger partial charge is 0.144 e. The summed E-state index contributed by atoms with van der Waals surface area (Å²) in [6.45, 7) is 3.83. The van der Waals surface area contributed by atoms with E-state index in [4.69, 9.17) is 9.47 Å². The lowest BCUT2D eigenvalue weighted by molar-refractivity contribution is 0.184. The summed E-state index contributed by atoms with van der Waals surface area (Å²) in [4.78, 5) is 8.55. The minimum Gasteiger partial charge on any atom is -0.487 e. The molecule has 0 aliphatic carbocycles. The Balaban J connectivity index is 1.92. The molecule has 0 bridgehead atoms. The van der Waals surface area contributed by atoms with Crippen molar-refractivity contribution in [3.63, 3.8) is 0 Å². The number of ether oxygens (including phenoxy) is 2. The van der Waals surface area contributed by atoms with Crippen LogP contribution in [0.4, 0.5) is 5.82 Å². The molecule has 0 spiro atoms. The highest BCUT2D eigenvalue weighted by atomic mass is 16.5. The van der Waals surface area contributed by atoms with Crippen LogP contribution in [0, 0.1) is 0 Å². The van der Waals surface area contributed by atoms with E-state index in [1.807, 2.05) is 31.2 Å². The summed E-state index contributed by atoms with van der Waals surface area (Å²) in [5, 5.41) is 3.10. The van der Waals surface area contributed by atoms with Crippen molar-refractivity contribution in [3.05, 3.63) is 47.9 Å². The number of aromatic nitrogens is 2. The van der Waals surface area contributed by atoms with Gasteiger partial charge in [0.05, 0.1) is 24.7 Å². The van der Waals surface area contributed by atoms with Crippen LogP contribution in [0.5, 0.6) is 5.75 Å². The average molecular weight is 273 g/mol. The first-order valence-electron chi connectivity index (χ1n) is 6.57. The second-order valence-electron chi connectivity index (χ2n) is 4.29. The van der Waals surface area contributed by atoms with Gasteiger partial charge in [-0.3, -0.25) is 4.98 Å². The quantitative estimate of drug-likeness (QED) is 0.840. The van der Waals surface area contributed by atoms with Crippen LogP contribution in [0.3, 0.4) is 0 Å². The summed E-state index contributed by atoms with van der Waals surface area (Å²) >= 11 is 0. The molecule has 5 heteroatoms. The molecule has 1 heterocycles. The van der Waals surface area contributed by atoms with Crippen LogP contribution in [0.2, 0.25) is 0 Å². The molecule has 0 saturated heterocycles. The third kappa shape index (κ3) is 4.20. The molecule has 1 aromatic heterocycles. The maximum absolute atomic E-state index is 5.70. The molecule has 0 radical (unpaired) electrons. The van der Waals surface area contributed by atoms with Gasteiger partial charge in [0.2, 0.25) is 0 Å². The lowest BCUT2D eigenvalue weighted by Gasteiger charge is -2.08. The van der Waals surface area contributed by atoms with Crippen molar-refractivity contribution in [1.29, 1.82) is 0 Å². The van der Waals surface area contributed by atoms with E-state index >= 15 is 0 Å². The molecule has 0 aliphatic rings. The molecule has 1 N–H and O–H groups in total. The fraction of sp³-hybridized carbons (Fsp3) is 0.333. The van der Waals surface area contributed by atoms with Gasteiger partial charge in [-0.25, -0.2) is 4.98 Å². The Hall–Kier alpha value is -2.14. The number of hydrogen-bond acceptors (Lipinski definition) is 5. The van der Waals surface area contributed by atoms with E-state index in [2.05, 4.69) is 15.3 Å². The van der Waals surface area contributed by atoms with Crippen molar-refractivity contribution < 1.29 is 9.47 Å². The van der Waals surface area contributed by atoms with Gasteiger partial charge in [0.25, 0.3) is 0 Å². The van der Waals surface area contributed by atoms with Gasteiger partial charge in [-0.1, -0.05) is 12.1 Å². The topological polar surface area (TPSA) is 56.3 Å². The van der Waals surface area contributed by atoms with E-state index in [9.17, 15) is 0 Å². The van der Waals surface area contributed by atoms with Crippen molar-refractivity contribution in [1.82, 2.24) is 9.97 Å². The zero-order valence-corrected chi connectivity index (χ0v) is 11.8. The second kappa shape index (κ2) is 7.45. The van der Waals surface area contributed by atoms with Crippen molar-refractivity contribution in [2.24, 2.45) is 0 Å². The molecular formula is C15H19N3O2. The monoisotopic (exact) mass is 273 g/mol. The largest absolute Gasteiger partial charge is 0.487 e. The first-order valence-corrected chi connectivity index (χ1v) is 6.57. The number of rotatable bonds is 7. The molecule has 0 unspecified atom stereocenters. The fourth-order valence-corrected chi connectivity index (χ4v) is 1.75. The Morgan fingerprint density at radius 3 is 2.75 bits per heavy atom. The molecule has 5 nitrogen and oxygen atoms in total. The zero-order valence-electron chi connectivity index (χ0n) is 11.8. The predicted octanol–water partition coefficient (Wildman–Crippen LogP) is 2.63. The van der Waals surface area contributed by atoms with Crippen LogP contribution in [-0.2, 0) is 18.0 Å². The van der Waals surface area contributed by atoms with E-state index in [0.717, 1.165) is 29.4 Å². The van der Waals surface area contributed by atoms with Gasteiger partial charge < -0.3 is 14.8 Å². The number of nitrogens with one attached hydrogen (secondary N) is 1. The van der Waals surface area contributed by atoms with E-state index in [-0.39, 0.29) is 0 Å². The van der Waals surface area contributed by atoms with Crippen LogP contribution in [0.25, 0.3) is 0 Å². The minimum absolute atomic E-state index is 0.399. The van der Waals surface area contributed by atoms with Gasteiger partial charge >= 0.3 is 0 Å². The highest BCUT2D eigenvalue weighted by molar-refractivity contribution is 5.31. The number of methoxy groups -OCH3 is 1. The van der Waals surface area contributed by atoms with Crippen LogP contribution in [-0.4, -0.2) is 23.6 Å². The van der Waals surface area contributed by atoms with Crippen LogP contribution < -0.4 is 10.1 Å². The molecule has 20 heavy (non-hydrogen) atoms. The summed E-state index contributed by atoms with van der Waals surface area (Å²) in [6, 6.07) is 7.83. The maximum atomic E-state index is 5.70. The van der Waals surface area contributed by atoms with E-state index in [0.29, 0.717) is 13.2 Å². The van der Waals surface area contributed by atoms with Crippen molar-refractivity contribution in [2.75, 3.05) is 19.0 Å². The molecule has 106 valence electrons. The summed E-state index contributed by atoms with van der Waals surface area (Å²) < 4.78 is 10.8. The SMILES string of the molecule is CCNc1cnc(COc2cccc(COC)c2)cn1. The van der Waals surface area contributed by atoms with Gasteiger partial charge in [0.15, 0.2) is 0 Å². The Kier molecular flexibility index (Phi) is 5.32. The Morgan fingerprint density at radius 2 is 2.05 bits per heavy atom. The van der Waals surface area contributed by atoms with Crippen LogP contribution in [0.1, 0.15) is 18.2 Å². The molecule has 0 saturated carbocycles. The number of benzene rings is 1. The highest BCUT2D eigenvalue weighted by Crippen LogP contribution is 2.15. The lowest BCUT2D eigenvalue weighted by Crippen LogP contribution is -2.03. The third-order valence-corrected chi connectivity index (χ3v) is 2.66. The normalized spacial score (nSPS) is 10.3. The highest BCUT2D eigenvalue weighted by Gasteiger charge is 2.00. The second-order valence-corrected chi connectivity index (χ2v) is 4.29. The van der Waals surface area contributed by atoms with Gasteiger partial charge in [0.1, 0.15) is 18.2 Å². The molecule has 0 fully saturated rings.